The van der Waals surface area contributed by atoms with Crippen LogP contribution in [-0.4, -0.2) is 30.2 Å². The Morgan fingerprint density at radius 1 is 0.750 bits per heavy atom. The first-order valence-electron chi connectivity index (χ1n) is 8.92. The van der Waals surface area contributed by atoms with Crippen LogP contribution in [0.2, 0.25) is 0 Å². The van der Waals surface area contributed by atoms with Crippen molar-refractivity contribution >= 4 is 22.1 Å². The van der Waals surface area contributed by atoms with Gasteiger partial charge in [0.15, 0.2) is 0 Å². The zero-order chi connectivity index (χ0) is 21.2. The van der Waals surface area contributed by atoms with Crippen molar-refractivity contribution in [2.45, 2.75) is 60.6 Å². The van der Waals surface area contributed by atoms with Gasteiger partial charge in [-0.3, -0.25) is 4.55 Å². The normalized spacial score (nSPS) is 13.8. The van der Waals surface area contributed by atoms with E-state index in [2.05, 4.69) is 0 Å². The van der Waals surface area contributed by atoms with Crippen molar-refractivity contribution in [1.82, 2.24) is 0 Å². The van der Waals surface area contributed by atoms with Crippen molar-refractivity contribution < 1.29 is 91.9 Å². The molecule has 0 heterocycles. The second kappa shape index (κ2) is 12.6. The molecule has 28 heavy (non-hydrogen) atoms. The van der Waals surface area contributed by atoms with Gasteiger partial charge in [0.05, 0.1) is 5.97 Å². The summed E-state index contributed by atoms with van der Waals surface area (Å²) in [4.78, 5) is 24.4. The molecule has 0 saturated heterocycles. The SMILES string of the molecule is CC(C)C(C(C)C)C(C(=O)[O-])(C(C(C)C)C(C)C)C(C(=O)[O-])S(=O)(=O)O.[Na+].[Na+]. The van der Waals surface area contributed by atoms with Gasteiger partial charge >= 0.3 is 59.1 Å². The maximum absolute atomic E-state index is 12.5. The van der Waals surface area contributed by atoms with Crippen LogP contribution in [0.25, 0.3) is 0 Å². The summed E-state index contributed by atoms with van der Waals surface area (Å²) in [6.45, 7) is 13.6. The minimum absolute atomic E-state index is 0. The molecule has 0 fully saturated rings. The zero-order valence-corrected chi connectivity index (χ0v) is 23.7. The third kappa shape index (κ3) is 6.94. The van der Waals surface area contributed by atoms with Crippen molar-refractivity contribution in [2.75, 3.05) is 0 Å². The van der Waals surface area contributed by atoms with Gasteiger partial charge in [-0.1, -0.05) is 55.4 Å². The van der Waals surface area contributed by atoms with E-state index in [1.54, 1.807) is 55.4 Å². The van der Waals surface area contributed by atoms with E-state index in [-0.39, 0.29) is 82.8 Å². The van der Waals surface area contributed by atoms with Crippen LogP contribution in [0.5, 0.6) is 0 Å². The van der Waals surface area contributed by atoms with E-state index in [0.717, 1.165) is 0 Å². The molecule has 7 nitrogen and oxygen atoms in total. The summed E-state index contributed by atoms with van der Waals surface area (Å²) in [5, 5.41) is 21.8. The molecule has 0 amide bonds. The summed E-state index contributed by atoms with van der Waals surface area (Å²) in [6.07, 6.45) is 0. The maximum Gasteiger partial charge on any atom is 1.00 e. The molecule has 154 valence electrons. The number of carboxylic acid groups (broad SMARTS) is 2. The minimum Gasteiger partial charge on any atom is -0.549 e. The van der Waals surface area contributed by atoms with E-state index < -0.39 is 44.6 Å². The summed E-state index contributed by atoms with van der Waals surface area (Å²) >= 11 is 0. The third-order valence-corrected chi connectivity index (χ3v) is 6.45. The van der Waals surface area contributed by atoms with Gasteiger partial charge in [0.2, 0.25) is 0 Å². The van der Waals surface area contributed by atoms with Crippen LogP contribution in [0.3, 0.4) is 0 Å². The molecule has 0 aliphatic rings. The molecular weight excluding hydrogens is 406 g/mol. The topological polar surface area (TPSA) is 135 Å². The van der Waals surface area contributed by atoms with E-state index in [1.165, 1.54) is 0 Å². The fourth-order valence-corrected chi connectivity index (χ4v) is 6.41. The van der Waals surface area contributed by atoms with E-state index in [1.807, 2.05) is 0 Å². The number of carbonyl (C=O) groups is 2. The van der Waals surface area contributed by atoms with Gasteiger partial charge in [-0.05, 0) is 35.5 Å². The monoisotopic (exact) mass is 438 g/mol. The molecule has 1 unspecified atom stereocenters. The van der Waals surface area contributed by atoms with Gasteiger partial charge in [0.1, 0.15) is 5.25 Å². The van der Waals surface area contributed by atoms with Crippen LogP contribution in [-0.2, 0) is 19.7 Å². The van der Waals surface area contributed by atoms with Crippen LogP contribution in [0, 0.1) is 40.9 Å². The van der Waals surface area contributed by atoms with Gasteiger partial charge < -0.3 is 19.8 Å². The second-order valence-corrected chi connectivity index (χ2v) is 9.96. The molecule has 10 heteroatoms. The Hall–Kier alpha value is 0.850. The minimum atomic E-state index is -5.27. The quantitative estimate of drug-likeness (QED) is 0.266. The van der Waals surface area contributed by atoms with Crippen LogP contribution in [0.15, 0.2) is 0 Å². The molecule has 0 aromatic carbocycles. The summed E-state index contributed by atoms with van der Waals surface area (Å²) in [7, 11) is -5.27. The Labute approximate surface area is 213 Å². The molecule has 0 aliphatic heterocycles. The fraction of sp³-hybridized carbons (Fsp3) is 0.889. The molecule has 0 aliphatic carbocycles. The maximum atomic E-state index is 12.5. The number of hydrogen-bond donors (Lipinski definition) is 1. The molecule has 0 aromatic rings. The van der Waals surface area contributed by atoms with Gasteiger partial charge in [-0.2, -0.15) is 8.42 Å². The summed E-state index contributed by atoms with van der Waals surface area (Å²) in [5.74, 6) is -7.20. The Morgan fingerprint density at radius 2 is 1.00 bits per heavy atom. The molecule has 0 bridgehead atoms. The molecule has 1 N–H and O–H groups in total. The second-order valence-electron chi connectivity index (χ2n) is 8.46. The van der Waals surface area contributed by atoms with Gasteiger partial charge in [0.25, 0.3) is 10.1 Å². The number of carbonyl (C=O) groups excluding carboxylic acids is 2. The molecule has 0 rings (SSSR count). The predicted octanol–water partition coefficient (Wildman–Crippen LogP) is -5.41. The first kappa shape index (κ1) is 33.5. The summed E-state index contributed by atoms with van der Waals surface area (Å²) in [6, 6.07) is 0. The van der Waals surface area contributed by atoms with Gasteiger partial charge in [0, 0.05) is 11.4 Å². The average Bonchev–Trinajstić information content (AvgIpc) is 2.33. The van der Waals surface area contributed by atoms with Crippen LogP contribution < -0.4 is 69.3 Å². The molecule has 0 radical (unpaired) electrons. The smallest absolute Gasteiger partial charge is 0.549 e. The molecule has 1 atom stereocenters. The average molecular weight is 438 g/mol. The number of aliphatic carboxylic acids is 2. The van der Waals surface area contributed by atoms with Gasteiger partial charge in [-0.15, -0.1) is 0 Å². The first-order chi connectivity index (χ1) is 11.5. The largest absolute Gasteiger partial charge is 1.00 e. The number of hydrogen-bond acceptors (Lipinski definition) is 6. The van der Waals surface area contributed by atoms with Gasteiger partial charge in [-0.25, -0.2) is 0 Å². The van der Waals surface area contributed by atoms with Crippen molar-refractivity contribution in [2.24, 2.45) is 40.9 Å². The number of rotatable bonds is 10. The summed E-state index contributed by atoms with van der Waals surface area (Å²) in [5.41, 5.74) is -2.35. The van der Waals surface area contributed by atoms with E-state index in [9.17, 15) is 32.8 Å². The van der Waals surface area contributed by atoms with E-state index in [4.69, 9.17) is 0 Å². The molecule has 0 saturated carbocycles. The Balaban J connectivity index is -0.00000312. The Kier molecular flexibility index (Phi) is 15.1. The van der Waals surface area contributed by atoms with Crippen LogP contribution in [0.1, 0.15) is 55.4 Å². The van der Waals surface area contributed by atoms with Crippen LogP contribution >= 0.6 is 0 Å². The zero-order valence-electron chi connectivity index (χ0n) is 18.8. The third-order valence-electron chi connectivity index (χ3n) is 5.28. The van der Waals surface area contributed by atoms with E-state index >= 15 is 0 Å². The standard InChI is InChI=1S/C18H34O7S.2Na/c1-9(2)13(10(3)4)18(17(21)22,14(11(5)6)12(7)8)15(16(19)20)26(23,24)25;;/h9-15H,1-8H3,(H,19,20)(H,21,22)(H,23,24,25);;/q;2*+1/p-2. The van der Waals surface area contributed by atoms with E-state index in [0.29, 0.717) is 0 Å². The predicted molar refractivity (Wildman–Crippen MR) is 94.1 cm³/mol. The molecular formula is C18H32Na2O7S. The molecule has 0 spiro atoms. The first-order valence-corrected chi connectivity index (χ1v) is 10.4. The van der Waals surface area contributed by atoms with Crippen molar-refractivity contribution in [3.63, 3.8) is 0 Å². The van der Waals surface area contributed by atoms with Crippen molar-refractivity contribution in [3.05, 3.63) is 0 Å². The molecule has 0 aromatic heterocycles. The Bertz CT molecular complexity index is 579. The fourth-order valence-electron chi connectivity index (χ4n) is 5.26. The van der Waals surface area contributed by atoms with Crippen LogP contribution in [0.4, 0.5) is 0 Å². The summed E-state index contributed by atoms with van der Waals surface area (Å²) < 4.78 is 33.9. The Morgan fingerprint density at radius 3 is 1.11 bits per heavy atom. The van der Waals surface area contributed by atoms with Crippen molar-refractivity contribution in [1.29, 1.82) is 0 Å². The number of carboxylic acids is 2. The van der Waals surface area contributed by atoms with Crippen molar-refractivity contribution in [3.8, 4) is 0 Å².